The average Bonchev–Trinajstić information content (AvgIpc) is 2.05. The second kappa shape index (κ2) is 3.72. The van der Waals surface area contributed by atoms with E-state index in [0.717, 1.165) is 0 Å². The molecular weight excluding hydrogens is 144 g/mol. The van der Waals surface area contributed by atoms with Gasteiger partial charge in [-0.25, -0.2) is 0 Å². The summed E-state index contributed by atoms with van der Waals surface area (Å²) < 4.78 is 10.1. The van der Waals surface area contributed by atoms with Gasteiger partial charge in [0, 0.05) is 13.5 Å². The predicted octanol–water partition coefficient (Wildman–Crippen LogP) is 0.132. The van der Waals surface area contributed by atoms with Gasteiger partial charge in [-0.1, -0.05) is 5.92 Å². The van der Waals surface area contributed by atoms with Gasteiger partial charge in [-0.3, -0.25) is 0 Å². The first kappa shape index (κ1) is 8.54. The zero-order chi connectivity index (χ0) is 8.27. The second-order valence-electron chi connectivity index (χ2n) is 2.53. The van der Waals surface area contributed by atoms with Gasteiger partial charge in [0.1, 0.15) is 6.10 Å². The summed E-state index contributed by atoms with van der Waals surface area (Å²) in [6.45, 7) is 0. The molecule has 0 aromatic rings. The monoisotopic (exact) mass is 156 g/mol. The highest BCUT2D eigenvalue weighted by molar-refractivity contribution is 5.00. The number of aliphatic hydroxyl groups excluding tert-OH is 1. The first-order valence-corrected chi connectivity index (χ1v) is 3.60. The Morgan fingerprint density at radius 1 is 1.64 bits per heavy atom. The molecule has 0 saturated carbocycles. The van der Waals surface area contributed by atoms with Crippen LogP contribution in [0, 0.1) is 12.3 Å². The third kappa shape index (κ3) is 1.93. The summed E-state index contributed by atoms with van der Waals surface area (Å²) in [7, 11) is 1.57. The van der Waals surface area contributed by atoms with Crippen molar-refractivity contribution in [1.29, 1.82) is 0 Å². The second-order valence-corrected chi connectivity index (χ2v) is 2.53. The van der Waals surface area contributed by atoms with Crippen LogP contribution >= 0.6 is 0 Å². The van der Waals surface area contributed by atoms with Crippen molar-refractivity contribution < 1.29 is 14.6 Å². The lowest BCUT2D eigenvalue weighted by Crippen LogP contribution is -2.38. The van der Waals surface area contributed by atoms with Crippen LogP contribution in [-0.2, 0) is 9.47 Å². The van der Waals surface area contributed by atoms with Gasteiger partial charge in [0.05, 0.1) is 6.10 Å². The van der Waals surface area contributed by atoms with Crippen LogP contribution in [0.25, 0.3) is 0 Å². The fraction of sp³-hybridized carbons (Fsp3) is 0.750. The zero-order valence-corrected chi connectivity index (χ0v) is 6.49. The van der Waals surface area contributed by atoms with Crippen molar-refractivity contribution in [2.75, 3.05) is 7.11 Å². The fourth-order valence-corrected chi connectivity index (χ4v) is 1.10. The Kier molecular flexibility index (Phi) is 2.89. The summed E-state index contributed by atoms with van der Waals surface area (Å²) >= 11 is 0. The van der Waals surface area contributed by atoms with Crippen molar-refractivity contribution in [3.8, 4) is 12.3 Å². The smallest absolute Gasteiger partial charge is 0.159 e. The van der Waals surface area contributed by atoms with E-state index in [9.17, 15) is 5.11 Å². The third-order valence-corrected chi connectivity index (χ3v) is 1.77. The van der Waals surface area contributed by atoms with Gasteiger partial charge in [-0.05, 0) is 6.42 Å². The first-order chi connectivity index (χ1) is 5.27. The van der Waals surface area contributed by atoms with Crippen LogP contribution in [0.1, 0.15) is 12.8 Å². The van der Waals surface area contributed by atoms with Crippen LogP contribution in [0.2, 0.25) is 0 Å². The molecule has 1 heterocycles. The highest BCUT2D eigenvalue weighted by atomic mass is 16.7. The van der Waals surface area contributed by atoms with Gasteiger partial charge >= 0.3 is 0 Å². The van der Waals surface area contributed by atoms with Crippen molar-refractivity contribution in [2.45, 2.75) is 31.3 Å². The molecule has 3 nitrogen and oxygen atoms in total. The molecule has 0 unspecified atom stereocenters. The molecule has 1 fully saturated rings. The van der Waals surface area contributed by atoms with Crippen molar-refractivity contribution in [3.63, 3.8) is 0 Å². The Labute approximate surface area is 66.3 Å². The molecule has 0 bridgehead atoms. The quantitative estimate of drug-likeness (QED) is 0.548. The van der Waals surface area contributed by atoms with Crippen LogP contribution < -0.4 is 0 Å². The molecule has 3 heteroatoms. The number of hydrogen-bond acceptors (Lipinski definition) is 3. The zero-order valence-electron chi connectivity index (χ0n) is 6.49. The van der Waals surface area contributed by atoms with Gasteiger partial charge in [0.15, 0.2) is 6.29 Å². The molecule has 0 radical (unpaired) electrons. The summed E-state index contributed by atoms with van der Waals surface area (Å²) in [6.07, 6.45) is 5.18. The SMILES string of the molecule is C#C[C@H]1O[C@H](OC)CC[C@@H]1O. The Bertz CT molecular complexity index is 161. The standard InChI is InChI=1S/C8H12O3/c1-3-7-6(9)4-5-8(10-2)11-7/h1,6-9H,4-5H2,2H3/t6-,7+,8-/m0/s1. The van der Waals surface area contributed by atoms with Crippen molar-refractivity contribution in [2.24, 2.45) is 0 Å². The van der Waals surface area contributed by atoms with Gasteiger partial charge < -0.3 is 14.6 Å². The number of aliphatic hydroxyl groups is 1. The number of methoxy groups -OCH3 is 1. The van der Waals surface area contributed by atoms with Crippen LogP contribution in [0.15, 0.2) is 0 Å². The van der Waals surface area contributed by atoms with Crippen molar-refractivity contribution in [1.82, 2.24) is 0 Å². The van der Waals surface area contributed by atoms with Gasteiger partial charge in [0.25, 0.3) is 0 Å². The largest absolute Gasteiger partial charge is 0.389 e. The van der Waals surface area contributed by atoms with Gasteiger partial charge in [-0.2, -0.15) is 0 Å². The van der Waals surface area contributed by atoms with Crippen molar-refractivity contribution >= 4 is 0 Å². The Hall–Kier alpha value is -0.560. The van der Waals surface area contributed by atoms with E-state index in [1.807, 2.05) is 0 Å². The molecular formula is C8H12O3. The van der Waals surface area contributed by atoms with Crippen LogP contribution in [0.5, 0.6) is 0 Å². The molecule has 1 saturated heterocycles. The predicted molar refractivity (Wildman–Crippen MR) is 39.7 cm³/mol. The summed E-state index contributed by atoms with van der Waals surface area (Å²) in [5.41, 5.74) is 0. The molecule has 62 valence electrons. The number of terminal acetylenes is 1. The lowest BCUT2D eigenvalue weighted by atomic mass is 10.1. The maximum absolute atomic E-state index is 9.26. The van der Waals surface area contributed by atoms with Crippen LogP contribution in [0.4, 0.5) is 0 Å². The molecule has 3 atom stereocenters. The van der Waals surface area contributed by atoms with E-state index >= 15 is 0 Å². The van der Waals surface area contributed by atoms with E-state index in [-0.39, 0.29) is 6.29 Å². The van der Waals surface area contributed by atoms with E-state index < -0.39 is 12.2 Å². The minimum atomic E-state index is -0.536. The number of hydrogen-bond donors (Lipinski definition) is 1. The maximum Gasteiger partial charge on any atom is 0.159 e. The molecule has 11 heavy (non-hydrogen) atoms. The highest BCUT2D eigenvalue weighted by Crippen LogP contribution is 2.19. The minimum Gasteiger partial charge on any atom is -0.389 e. The molecule has 0 spiro atoms. The molecule has 0 aromatic carbocycles. The lowest BCUT2D eigenvalue weighted by Gasteiger charge is -2.29. The maximum atomic E-state index is 9.26. The fourth-order valence-electron chi connectivity index (χ4n) is 1.10. The number of ether oxygens (including phenoxy) is 2. The van der Waals surface area contributed by atoms with Gasteiger partial charge in [-0.15, -0.1) is 6.42 Å². The molecule has 1 N–H and O–H groups in total. The first-order valence-electron chi connectivity index (χ1n) is 3.60. The Morgan fingerprint density at radius 2 is 2.36 bits per heavy atom. The Morgan fingerprint density at radius 3 is 2.91 bits per heavy atom. The van der Waals surface area contributed by atoms with Crippen LogP contribution in [-0.4, -0.2) is 30.7 Å². The summed E-state index contributed by atoms with van der Waals surface area (Å²) in [6, 6.07) is 0. The van der Waals surface area contributed by atoms with Crippen LogP contribution in [0.3, 0.4) is 0 Å². The average molecular weight is 156 g/mol. The third-order valence-electron chi connectivity index (χ3n) is 1.77. The summed E-state index contributed by atoms with van der Waals surface area (Å²) in [5.74, 6) is 2.37. The lowest BCUT2D eigenvalue weighted by molar-refractivity contribution is -0.194. The highest BCUT2D eigenvalue weighted by Gasteiger charge is 2.27. The van der Waals surface area contributed by atoms with E-state index in [4.69, 9.17) is 15.9 Å². The Balaban J connectivity index is 2.46. The number of rotatable bonds is 1. The van der Waals surface area contributed by atoms with E-state index in [1.165, 1.54) is 0 Å². The van der Waals surface area contributed by atoms with E-state index in [0.29, 0.717) is 12.8 Å². The summed E-state index contributed by atoms with van der Waals surface area (Å²) in [4.78, 5) is 0. The van der Waals surface area contributed by atoms with E-state index in [1.54, 1.807) is 7.11 Å². The molecule has 1 rings (SSSR count). The molecule has 1 aliphatic rings. The molecule has 0 amide bonds. The molecule has 1 aliphatic heterocycles. The van der Waals surface area contributed by atoms with E-state index in [2.05, 4.69) is 5.92 Å². The molecule has 0 aliphatic carbocycles. The normalized spacial score (nSPS) is 38.1. The molecule has 0 aromatic heterocycles. The van der Waals surface area contributed by atoms with Crippen molar-refractivity contribution in [3.05, 3.63) is 0 Å². The topological polar surface area (TPSA) is 38.7 Å². The summed E-state index contributed by atoms with van der Waals surface area (Å²) in [5, 5.41) is 9.26. The van der Waals surface area contributed by atoms with Gasteiger partial charge in [0.2, 0.25) is 0 Å². The minimum absolute atomic E-state index is 0.251.